The number of aromatic amines is 1. The average Bonchev–Trinajstić information content (AvgIpc) is 2.38. The van der Waals surface area contributed by atoms with Crippen molar-refractivity contribution < 1.29 is 9.15 Å². The Morgan fingerprint density at radius 3 is 2.89 bits per heavy atom. The molecule has 2 aromatic rings. The number of nitrogens with one attached hydrogen (secondary N) is 1. The highest BCUT2D eigenvalue weighted by Crippen LogP contribution is 2.11. The van der Waals surface area contributed by atoms with Crippen LogP contribution in [0.15, 0.2) is 26.7 Å². The van der Waals surface area contributed by atoms with Gasteiger partial charge in [-0.1, -0.05) is 19.6 Å². The Labute approximate surface area is 109 Å². The number of hydrogen-bond acceptors (Lipinski definition) is 5. The van der Waals surface area contributed by atoms with E-state index in [9.17, 15) is 9.59 Å². The first kappa shape index (κ1) is 13.1. The molecule has 0 amide bonds. The number of aromatic nitrogens is 2. The van der Waals surface area contributed by atoms with Crippen molar-refractivity contribution in [1.82, 2.24) is 9.97 Å². The number of ether oxygens (including phenoxy) is 1. The van der Waals surface area contributed by atoms with Gasteiger partial charge in [0.05, 0.1) is 0 Å². The van der Waals surface area contributed by atoms with Crippen molar-refractivity contribution in [3.63, 3.8) is 0 Å². The molecule has 0 fully saturated rings. The first-order chi connectivity index (χ1) is 9.08. The summed E-state index contributed by atoms with van der Waals surface area (Å²) in [4.78, 5) is 29.9. The zero-order valence-corrected chi connectivity index (χ0v) is 10.4. The number of fused-ring (bicyclic) bond motifs is 1. The third-order valence-electron chi connectivity index (χ3n) is 2.59. The van der Waals surface area contributed by atoms with Gasteiger partial charge in [-0.15, -0.1) is 0 Å². The van der Waals surface area contributed by atoms with E-state index in [2.05, 4.69) is 16.5 Å². The van der Waals surface area contributed by atoms with Gasteiger partial charge < -0.3 is 9.15 Å². The molecule has 1 N–H and O–H groups in total. The molecule has 2 rings (SSSR count). The van der Waals surface area contributed by atoms with Gasteiger partial charge in [0.2, 0.25) is 5.71 Å². The lowest BCUT2D eigenvalue weighted by Gasteiger charge is -2.07. The van der Waals surface area contributed by atoms with Crippen LogP contribution in [-0.4, -0.2) is 24.4 Å². The minimum atomic E-state index is -0.711. The van der Waals surface area contributed by atoms with Gasteiger partial charge in [0.25, 0.3) is 11.6 Å². The van der Waals surface area contributed by atoms with E-state index in [0.29, 0.717) is 12.0 Å². The van der Waals surface area contributed by atoms with Crippen LogP contribution < -0.4 is 21.4 Å². The molecule has 0 aliphatic heterocycles. The normalized spacial score (nSPS) is 10.6. The van der Waals surface area contributed by atoms with Gasteiger partial charge in [0, 0.05) is 0 Å². The van der Waals surface area contributed by atoms with Gasteiger partial charge in [-0.25, -0.2) is 4.79 Å². The van der Waals surface area contributed by atoms with Crippen molar-refractivity contribution in [2.24, 2.45) is 0 Å². The molecule has 19 heavy (non-hydrogen) atoms. The van der Waals surface area contributed by atoms with Crippen molar-refractivity contribution in [2.45, 2.75) is 13.3 Å². The summed E-state index contributed by atoms with van der Waals surface area (Å²) in [6.45, 7) is 5.44. The molecule has 0 aromatic carbocycles. The maximum atomic E-state index is 12.0. The minimum absolute atomic E-state index is 0.0348. The number of nitrogens with zero attached hydrogens (tertiary/aromatic N) is 1. The molecule has 0 unspecified atom stereocenters. The number of H-pyrrole nitrogens is 1. The highest BCUT2D eigenvalue weighted by atomic mass is 16.5. The largest absolute Gasteiger partial charge is 0.460 e. The second kappa shape index (κ2) is 5.13. The summed E-state index contributed by atoms with van der Waals surface area (Å²) in [6.07, 6.45) is 1.92. The van der Waals surface area contributed by atoms with Gasteiger partial charge >= 0.3 is 5.63 Å². The number of aryl methyl sites for hydroxylation is 1. The molecule has 2 radical (unpaired) electrons. The smallest absolute Gasteiger partial charge is 0.330 e. The minimum Gasteiger partial charge on any atom is -0.460 e. The van der Waals surface area contributed by atoms with Crippen LogP contribution in [0.5, 0.6) is 6.01 Å². The summed E-state index contributed by atoms with van der Waals surface area (Å²) >= 11 is 0. The molecule has 0 aliphatic rings. The quantitative estimate of drug-likeness (QED) is 0.606. The van der Waals surface area contributed by atoms with Crippen LogP contribution in [0.2, 0.25) is 0 Å². The van der Waals surface area contributed by atoms with Gasteiger partial charge in [-0.05, 0) is 17.4 Å². The lowest BCUT2D eigenvalue weighted by Crippen LogP contribution is -2.30. The van der Waals surface area contributed by atoms with E-state index >= 15 is 0 Å². The van der Waals surface area contributed by atoms with E-state index in [0.717, 1.165) is 0 Å². The number of rotatable bonds is 4. The molecule has 0 aliphatic carbocycles. The Morgan fingerprint density at radius 2 is 2.26 bits per heavy atom. The Bertz CT molecular complexity index is 748. The SMILES string of the molecule is [B]c1c(CC)c2c(=O)[nH]c(OCC=C)nc2oc1=O. The third kappa shape index (κ3) is 2.31. The zero-order valence-electron chi connectivity index (χ0n) is 10.4. The monoisotopic (exact) mass is 258 g/mol. The molecule has 6 nitrogen and oxygen atoms in total. The highest BCUT2D eigenvalue weighted by molar-refractivity contribution is 6.33. The molecule has 0 saturated heterocycles. The first-order valence-electron chi connectivity index (χ1n) is 5.67. The van der Waals surface area contributed by atoms with Gasteiger partial charge in [-0.3, -0.25) is 9.78 Å². The molecule has 0 saturated carbocycles. The van der Waals surface area contributed by atoms with Crippen LogP contribution in [0, 0.1) is 0 Å². The molecule has 96 valence electrons. The highest BCUT2D eigenvalue weighted by Gasteiger charge is 2.15. The Kier molecular flexibility index (Phi) is 3.55. The van der Waals surface area contributed by atoms with Crippen LogP contribution in [0.3, 0.4) is 0 Å². The molecule has 0 atom stereocenters. The maximum Gasteiger partial charge on any atom is 0.330 e. The molecule has 2 heterocycles. The van der Waals surface area contributed by atoms with Crippen molar-refractivity contribution in [1.29, 1.82) is 0 Å². The summed E-state index contributed by atoms with van der Waals surface area (Å²) in [5.74, 6) is 0. The van der Waals surface area contributed by atoms with E-state index < -0.39 is 11.2 Å². The van der Waals surface area contributed by atoms with Crippen molar-refractivity contribution in [3.05, 3.63) is 39.0 Å². The fraction of sp³-hybridized carbons (Fsp3) is 0.250. The molecule has 7 heteroatoms. The maximum absolute atomic E-state index is 12.0. The second-order valence-electron chi connectivity index (χ2n) is 3.79. The lowest BCUT2D eigenvalue weighted by molar-refractivity contribution is 0.331. The van der Waals surface area contributed by atoms with E-state index in [4.69, 9.17) is 17.0 Å². The summed E-state index contributed by atoms with van der Waals surface area (Å²) in [5, 5.41) is 0.172. The fourth-order valence-corrected chi connectivity index (χ4v) is 1.75. The molecule has 0 bridgehead atoms. The van der Waals surface area contributed by atoms with E-state index in [-0.39, 0.29) is 29.2 Å². The van der Waals surface area contributed by atoms with Crippen LogP contribution in [-0.2, 0) is 6.42 Å². The van der Waals surface area contributed by atoms with E-state index in [1.165, 1.54) is 6.08 Å². The Morgan fingerprint density at radius 1 is 1.53 bits per heavy atom. The third-order valence-corrected chi connectivity index (χ3v) is 2.59. The second-order valence-corrected chi connectivity index (χ2v) is 3.79. The van der Waals surface area contributed by atoms with Crippen LogP contribution >= 0.6 is 0 Å². The van der Waals surface area contributed by atoms with Gasteiger partial charge in [0.15, 0.2) is 0 Å². The lowest BCUT2D eigenvalue weighted by atomic mass is 9.90. The summed E-state index contributed by atoms with van der Waals surface area (Å²) < 4.78 is 10.0. The van der Waals surface area contributed by atoms with E-state index in [1.54, 1.807) is 6.92 Å². The summed E-state index contributed by atoms with van der Waals surface area (Å²) in [5.41, 5.74) is -0.898. The topological polar surface area (TPSA) is 85.2 Å². The fourth-order valence-electron chi connectivity index (χ4n) is 1.75. The van der Waals surface area contributed by atoms with Crippen LogP contribution in [0.25, 0.3) is 11.1 Å². The average molecular weight is 258 g/mol. The predicted molar refractivity (Wildman–Crippen MR) is 71.4 cm³/mol. The Balaban J connectivity index is 2.76. The van der Waals surface area contributed by atoms with Crippen molar-refractivity contribution in [2.75, 3.05) is 6.61 Å². The summed E-state index contributed by atoms with van der Waals surface area (Å²) in [7, 11) is 5.62. The molecular weight excluding hydrogens is 247 g/mol. The van der Waals surface area contributed by atoms with Crippen molar-refractivity contribution in [3.8, 4) is 6.01 Å². The van der Waals surface area contributed by atoms with Gasteiger partial charge in [-0.2, -0.15) is 4.98 Å². The standard InChI is InChI=1S/C12H11BN2O4/c1-3-5-18-12-14-9(16)7-6(4-2)8(13)11(17)19-10(7)15-12/h3H,1,4-5H2,2H3,(H,14,15,16). The zero-order chi connectivity index (χ0) is 14.0. The van der Waals surface area contributed by atoms with Crippen LogP contribution in [0.1, 0.15) is 12.5 Å². The Hall–Kier alpha value is -2.31. The van der Waals surface area contributed by atoms with Crippen LogP contribution in [0.4, 0.5) is 0 Å². The molecule has 2 aromatic heterocycles. The number of hydrogen-bond donors (Lipinski definition) is 1. The first-order valence-corrected chi connectivity index (χ1v) is 5.67. The van der Waals surface area contributed by atoms with Crippen molar-refractivity contribution >= 4 is 24.4 Å². The molecule has 0 spiro atoms. The summed E-state index contributed by atoms with van der Waals surface area (Å²) in [6, 6.07) is -0.0348. The van der Waals surface area contributed by atoms with Gasteiger partial charge in [0.1, 0.15) is 19.8 Å². The predicted octanol–water partition coefficient (Wildman–Crippen LogP) is -0.203. The van der Waals surface area contributed by atoms with E-state index in [1.807, 2.05) is 0 Å². The molecular formula is C12H11BN2O4.